The van der Waals surface area contributed by atoms with Gasteiger partial charge in [-0.3, -0.25) is 23.4 Å². The van der Waals surface area contributed by atoms with E-state index in [1.54, 1.807) is 27.2 Å². The van der Waals surface area contributed by atoms with Gasteiger partial charge in [0.05, 0.1) is 16.7 Å². The van der Waals surface area contributed by atoms with Crippen molar-refractivity contribution in [1.82, 2.24) is 24.5 Å². The van der Waals surface area contributed by atoms with Crippen LogP contribution < -0.4 is 16.2 Å². The maximum atomic E-state index is 13.3. The second kappa shape index (κ2) is 11.2. The van der Waals surface area contributed by atoms with Crippen molar-refractivity contribution >= 4 is 45.9 Å². The maximum absolute atomic E-state index is 13.3. The van der Waals surface area contributed by atoms with Gasteiger partial charge in [0.25, 0.3) is 11.5 Å². The van der Waals surface area contributed by atoms with Crippen LogP contribution in [-0.2, 0) is 11.3 Å². The second-order valence-electron chi connectivity index (χ2n) is 9.24. The third kappa shape index (κ3) is 5.53. The van der Waals surface area contributed by atoms with Crippen molar-refractivity contribution in [1.29, 1.82) is 0 Å². The molecule has 194 valence electrons. The Morgan fingerprint density at radius 3 is 2.57 bits per heavy atom. The van der Waals surface area contributed by atoms with Gasteiger partial charge in [-0.25, -0.2) is 0 Å². The summed E-state index contributed by atoms with van der Waals surface area (Å²) in [6.07, 6.45) is 1.55. The first-order valence-electron chi connectivity index (χ1n) is 12.5. The number of fused-ring (bicyclic) bond motifs is 3. The first kappa shape index (κ1) is 26.4. The number of carbonyl (C=O) groups is 2. The fraction of sp³-hybridized carbons (Fsp3) is 0.370. The summed E-state index contributed by atoms with van der Waals surface area (Å²) in [5.41, 5.74) is 3.67. The number of carbonyl (C=O) groups excluding carboxylic acids is 2. The van der Waals surface area contributed by atoms with Crippen molar-refractivity contribution < 1.29 is 9.59 Å². The normalized spacial score (nSPS) is 12.1. The Bertz CT molecular complexity index is 1540. The number of hydrogen-bond donors (Lipinski definition) is 2. The van der Waals surface area contributed by atoms with Gasteiger partial charge in [-0.15, -0.1) is 10.2 Å². The number of benzene rings is 2. The molecule has 37 heavy (non-hydrogen) atoms. The van der Waals surface area contributed by atoms with Gasteiger partial charge in [0.15, 0.2) is 5.16 Å². The van der Waals surface area contributed by atoms with Crippen molar-refractivity contribution in [3.63, 3.8) is 0 Å². The minimum Gasteiger partial charge on any atom is -0.350 e. The van der Waals surface area contributed by atoms with E-state index in [1.165, 1.54) is 11.8 Å². The SMILES string of the molecule is CCCn1c(=O)c2ccc(C(=O)NC(C)CC)cc2n2c(SCC(=O)Nc3ccc(C)cc3C)nnc12. The third-order valence-electron chi connectivity index (χ3n) is 6.26. The fourth-order valence-electron chi connectivity index (χ4n) is 4.12. The quantitative estimate of drug-likeness (QED) is 0.318. The summed E-state index contributed by atoms with van der Waals surface area (Å²) in [5.74, 6) is 0.110. The largest absolute Gasteiger partial charge is 0.350 e. The number of aryl methyl sites for hydroxylation is 3. The van der Waals surface area contributed by atoms with E-state index >= 15 is 0 Å². The van der Waals surface area contributed by atoms with Crippen molar-refractivity contribution in [2.75, 3.05) is 11.1 Å². The van der Waals surface area contributed by atoms with Gasteiger partial charge < -0.3 is 10.6 Å². The van der Waals surface area contributed by atoms with Crippen LogP contribution in [0.5, 0.6) is 0 Å². The molecule has 0 aliphatic rings. The van der Waals surface area contributed by atoms with Crippen LogP contribution in [0.4, 0.5) is 5.69 Å². The molecule has 2 aromatic carbocycles. The van der Waals surface area contributed by atoms with Crippen molar-refractivity contribution in [2.24, 2.45) is 0 Å². The lowest BCUT2D eigenvalue weighted by molar-refractivity contribution is -0.113. The molecule has 1 unspecified atom stereocenters. The van der Waals surface area contributed by atoms with E-state index in [0.717, 1.165) is 29.7 Å². The van der Waals surface area contributed by atoms with Crippen LogP contribution in [0.25, 0.3) is 16.7 Å². The van der Waals surface area contributed by atoms with Crippen molar-refractivity contribution in [3.8, 4) is 0 Å². The van der Waals surface area contributed by atoms with Gasteiger partial charge in [0, 0.05) is 23.8 Å². The molecule has 0 aliphatic heterocycles. The highest BCUT2D eigenvalue weighted by molar-refractivity contribution is 7.99. The lowest BCUT2D eigenvalue weighted by Crippen LogP contribution is -2.32. The summed E-state index contributed by atoms with van der Waals surface area (Å²) in [7, 11) is 0. The van der Waals surface area contributed by atoms with Crippen LogP contribution >= 0.6 is 11.8 Å². The first-order chi connectivity index (χ1) is 17.7. The number of amides is 2. The van der Waals surface area contributed by atoms with Gasteiger partial charge in [0.1, 0.15) is 0 Å². The Balaban J connectivity index is 1.71. The molecule has 9 nitrogen and oxygen atoms in total. The average Bonchev–Trinajstić information content (AvgIpc) is 3.30. The molecule has 10 heteroatoms. The summed E-state index contributed by atoms with van der Waals surface area (Å²) in [4.78, 5) is 38.8. The van der Waals surface area contributed by atoms with Crippen molar-refractivity contribution in [3.05, 3.63) is 63.4 Å². The summed E-state index contributed by atoms with van der Waals surface area (Å²) in [6.45, 7) is 10.4. The zero-order valence-electron chi connectivity index (χ0n) is 21.8. The second-order valence-corrected chi connectivity index (χ2v) is 10.2. The van der Waals surface area contributed by atoms with Crippen LogP contribution in [0.3, 0.4) is 0 Å². The molecular weight excluding hydrogens is 488 g/mol. The Morgan fingerprint density at radius 1 is 1.08 bits per heavy atom. The predicted octanol–water partition coefficient (Wildman–Crippen LogP) is 4.33. The number of hydrogen-bond acceptors (Lipinski definition) is 6. The smallest absolute Gasteiger partial charge is 0.262 e. The van der Waals surface area contributed by atoms with Gasteiger partial charge in [0.2, 0.25) is 11.7 Å². The Hall–Kier alpha value is -3.66. The van der Waals surface area contributed by atoms with Crippen LogP contribution in [0.15, 0.2) is 46.3 Å². The zero-order chi connectivity index (χ0) is 26.7. The molecule has 0 bridgehead atoms. The molecule has 0 saturated carbocycles. The summed E-state index contributed by atoms with van der Waals surface area (Å²) in [5, 5.41) is 15.4. The molecular formula is C27H32N6O3S. The highest BCUT2D eigenvalue weighted by atomic mass is 32.2. The number of anilines is 1. The third-order valence-corrected chi connectivity index (χ3v) is 7.19. The number of aromatic nitrogens is 4. The summed E-state index contributed by atoms with van der Waals surface area (Å²) >= 11 is 1.23. The Morgan fingerprint density at radius 2 is 1.86 bits per heavy atom. The molecule has 0 fully saturated rings. The minimum atomic E-state index is -0.211. The average molecular weight is 521 g/mol. The molecule has 1 atom stereocenters. The highest BCUT2D eigenvalue weighted by Crippen LogP contribution is 2.24. The lowest BCUT2D eigenvalue weighted by atomic mass is 10.1. The number of thioether (sulfide) groups is 1. The van der Waals surface area contributed by atoms with Crippen LogP contribution in [-0.4, -0.2) is 42.8 Å². The van der Waals surface area contributed by atoms with E-state index in [0.29, 0.717) is 33.9 Å². The predicted molar refractivity (Wildman–Crippen MR) is 148 cm³/mol. The lowest BCUT2D eigenvalue weighted by Gasteiger charge is -2.14. The van der Waals surface area contributed by atoms with E-state index in [9.17, 15) is 14.4 Å². The van der Waals surface area contributed by atoms with Gasteiger partial charge in [-0.05, 0) is 63.4 Å². The first-order valence-corrected chi connectivity index (χ1v) is 13.4. The molecule has 2 N–H and O–H groups in total. The van der Waals surface area contributed by atoms with Crippen LogP contribution in [0, 0.1) is 13.8 Å². The monoisotopic (exact) mass is 520 g/mol. The summed E-state index contributed by atoms with van der Waals surface area (Å²) < 4.78 is 3.36. The Labute approximate surface area is 219 Å². The van der Waals surface area contributed by atoms with E-state index < -0.39 is 0 Å². The minimum absolute atomic E-state index is 0.0254. The summed E-state index contributed by atoms with van der Waals surface area (Å²) in [6, 6.07) is 10.9. The standard InChI is InChI=1S/C27H32N6O3S/c1-6-12-32-25(36)20-10-9-19(24(35)28-18(5)7-2)14-22(20)33-26(32)30-31-27(33)37-15-23(34)29-21-11-8-16(3)13-17(21)4/h8-11,13-14,18H,6-7,12,15H2,1-5H3,(H,28,35)(H,29,34). The van der Waals surface area contributed by atoms with E-state index in [2.05, 4.69) is 20.8 Å². The molecule has 4 rings (SSSR count). The maximum Gasteiger partial charge on any atom is 0.262 e. The molecule has 0 radical (unpaired) electrons. The van der Waals surface area contributed by atoms with Gasteiger partial charge in [-0.1, -0.05) is 43.3 Å². The molecule has 0 saturated heterocycles. The molecule has 0 aliphatic carbocycles. The van der Waals surface area contributed by atoms with Crippen LogP contribution in [0.1, 0.15) is 55.1 Å². The van der Waals surface area contributed by atoms with Crippen molar-refractivity contribution in [2.45, 2.75) is 65.2 Å². The zero-order valence-corrected chi connectivity index (χ0v) is 22.6. The van der Waals surface area contributed by atoms with E-state index in [4.69, 9.17) is 0 Å². The number of nitrogens with zero attached hydrogens (tertiary/aromatic N) is 4. The van der Waals surface area contributed by atoms with Gasteiger partial charge in [-0.2, -0.15) is 0 Å². The van der Waals surface area contributed by atoms with E-state index in [1.807, 2.05) is 52.8 Å². The highest BCUT2D eigenvalue weighted by Gasteiger charge is 2.19. The molecule has 2 aromatic heterocycles. The Kier molecular flexibility index (Phi) is 7.97. The topological polar surface area (TPSA) is 110 Å². The number of nitrogens with one attached hydrogen (secondary N) is 2. The van der Waals surface area contributed by atoms with Crippen LogP contribution in [0.2, 0.25) is 0 Å². The van der Waals surface area contributed by atoms with Gasteiger partial charge >= 0.3 is 0 Å². The fourth-order valence-corrected chi connectivity index (χ4v) is 4.86. The molecule has 2 amide bonds. The number of rotatable bonds is 9. The molecule has 4 aromatic rings. The molecule has 2 heterocycles. The molecule has 0 spiro atoms. The van der Waals surface area contributed by atoms with E-state index in [-0.39, 0.29) is 29.2 Å².